The van der Waals surface area contributed by atoms with E-state index in [0.29, 0.717) is 27.6 Å². The monoisotopic (exact) mass is 346 g/mol. The Morgan fingerprint density at radius 2 is 1.83 bits per heavy atom. The normalized spacial score (nSPS) is 11.2. The van der Waals surface area contributed by atoms with Crippen LogP contribution in [0.15, 0.2) is 36.4 Å². The minimum absolute atomic E-state index is 0.181. The van der Waals surface area contributed by atoms with Crippen LogP contribution in [0, 0.1) is 0 Å². The number of halogens is 1. The van der Waals surface area contributed by atoms with Crippen LogP contribution in [0.3, 0.4) is 0 Å². The third kappa shape index (κ3) is 3.89. The topological polar surface area (TPSA) is 55.8 Å². The highest BCUT2D eigenvalue weighted by Crippen LogP contribution is 2.37. The largest absolute Gasteiger partial charge is 0.493 e. The Kier molecular flexibility index (Phi) is 5.88. The minimum Gasteiger partial charge on any atom is -0.493 e. The predicted octanol–water partition coefficient (Wildman–Crippen LogP) is 4.54. The first-order valence-electron chi connectivity index (χ1n) is 7.46. The van der Waals surface area contributed by atoms with Crippen LogP contribution in [0.5, 0.6) is 11.5 Å². The molecule has 1 N–H and O–H groups in total. The molecule has 126 valence electrons. The number of methoxy groups -OCH3 is 2. The van der Waals surface area contributed by atoms with Gasteiger partial charge in [-0.15, -0.1) is 0 Å². The zero-order valence-corrected chi connectivity index (χ0v) is 14.6. The molecule has 0 aliphatic heterocycles. The summed E-state index contributed by atoms with van der Waals surface area (Å²) in [5.74, 6) is -0.145. The molecule has 2 rings (SSSR count). The van der Waals surface area contributed by atoms with Crippen molar-refractivity contribution in [1.82, 2.24) is 0 Å². The molecular weight excluding hydrogens is 328 g/mol. The fraction of sp³-hybridized carbons (Fsp3) is 0.211. The summed E-state index contributed by atoms with van der Waals surface area (Å²) in [6.07, 6.45) is 2.47. The number of hydrogen-bond donors (Lipinski definition) is 1. The lowest BCUT2D eigenvalue weighted by Gasteiger charge is -2.11. The third-order valence-electron chi connectivity index (χ3n) is 3.67. The summed E-state index contributed by atoms with van der Waals surface area (Å²) in [4.78, 5) is 11.7. The molecule has 0 heterocycles. The Morgan fingerprint density at radius 1 is 1.17 bits per heavy atom. The minimum atomic E-state index is -1.01. The van der Waals surface area contributed by atoms with Gasteiger partial charge < -0.3 is 14.6 Å². The van der Waals surface area contributed by atoms with Crippen molar-refractivity contribution >= 4 is 29.2 Å². The molecule has 0 unspecified atom stereocenters. The van der Waals surface area contributed by atoms with E-state index in [1.807, 2.05) is 12.1 Å². The Balaban J connectivity index is 2.51. The van der Waals surface area contributed by atoms with Crippen molar-refractivity contribution < 1.29 is 19.4 Å². The van der Waals surface area contributed by atoms with Crippen LogP contribution >= 0.6 is 11.6 Å². The summed E-state index contributed by atoms with van der Waals surface area (Å²) in [6, 6.07) is 10.8. The van der Waals surface area contributed by atoms with E-state index in [0.717, 1.165) is 12.0 Å². The quantitative estimate of drug-likeness (QED) is 0.616. The molecule has 24 heavy (non-hydrogen) atoms. The molecule has 4 nitrogen and oxygen atoms in total. The second-order valence-electron chi connectivity index (χ2n) is 5.15. The Labute approximate surface area is 146 Å². The van der Waals surface area contributed by atoms with Gasteiger partial charge in [-0.25, -0.2) is 4.79 Å². The molecule has 0 saturated carbocycles. The maximum absolute atomic E-state index is 11.7. The summed E-state index contributed by atoms with van der Waals surface area (Å²) >= 11 is 6.18. The molecule has 0 radical (unpaired) electrons. The average molecular weight is 347 g/mol. The van der Waals surface area contributed by atoms with Crippen LogP contribution in [0.1, 0.15) is 23.6 Å². The highest BCUT2D eigenvalue weighted by atomic mass is 35.5. The Morgan fingerprint density at radius 3 is 2.33 bits per heavy atom. The van der Waals surface area contributed by atoms with E-state index in [2.05, 4.69) is 6.92 Å². The molecule has 0 atom stereocenters. The van der Waals surface area contributed by atoms with Crippen molar-refractivity contribution in [2.75, 3.05) is 14.2 Å². The van der Waals surface area contributed by atoms with E-state index in [1.54, 1.807) is 30.3 Å². The fourth-order valence-electron chi connectivity index (χ4n) is 2.38. The van der Waals surface area contributed by atoms with Crippen molar-refractivity contribution in [3.05, 3.63) is 58.1 Å². The van der Waals surface area contributed by atoms with Gasteiger partial charge in [0.15, 0.2) is 11.5 Å². The van der Waals surface area contributed by atoms with Crippen molar-refractivity contribution in [2.45, 2.75) is 13.3 Å². The van der Waals surface area contributed by atoms with Crippen LogP contribution in [-0.2, 0) is 11.2 Å². The molecule has 0 amide bonds. The van der Waals surface area contributed by atoms with Gasteiger partial charge in [-0.05, 0) is 41.3 Å². The Bertz CT molecular complexity index is 764. The van der Waals surface area contributed by atoms with Gasteiger partial charge in [-0.2, -0.15) is 0 Å². The highest BCUT2D eigenvalue weighted by Gasteiger charge is 2.14. The van der Waals surface area contributed by atoms with Gasteiger partial charge in [-0.3, -0.25) is 0 Å². The second kappa shape index (κ2) is 7.88. The standard InChI is InChI=1S/C19H19ClO4/c1-4-12-5-7-14(8-6-12)15(19(21)22)9-13-10-16(20)18(24-3)17(11-13)23-2/h5-11H,4H2,1-3H3,(H,21,22)/b15-9-. The second-order valence-corrected chi connectivity index (χ2v) is 5.56. The number of aliphatic carboxylic acids is 1. The van der Waals surface area contributed by atoms with Crippen molar-refractivity contribution in [3.8, 4) is 11.5 Å². The number of benzene rings is 2. The molecule has 5 heteroatoms. The summed E-state index contributed by atoms with van der Waals surface area (Å²) in [6.45, 7) is 2.05. The molecule has 0 saturated heterocycles. The first-order valence-corrected chi connectivity index (χ1v) is 7.83. The Hall–Kier alpha value is -2.46. The first-order chi connectivity index (χ1) is 11.5. The van der Waals surface area contributed by atoms with Crippen molar-refractivity contribution in [2.24, 2.45) is 0 Å². The van der Waals surface area contributed by atoms with Gasteiger partial charge in [-0.1, -0.05) is 42.8 Å². The number of ether oxygens (including phenoxy) is 2. The van der Waals surface area contributed by atoms with E-state index in [4.69, 9.17) is 21.1 Å². The van der Waals surface area contributed by atoms with Gasteiger partial charge in [0, 0.05) is 0 Å². The van der Waals surface area contributed by atoms with Crippen LogP contribution in [-0.4, -0.2) is 25.3 Å². The number of carboxylic acids is 1. The van der Waals surface area contributed by atoms with E-state index < -0.39 is 5.97 Å². The number of hydrogen-bond acceptors (Lipinski definition) is 3. The van der Waals surface area contributed by atoms with Crippen molar-refractivity contribution in [1.29, 1.82) is 0 Å². The van der Waals surface area contributed by atoms with Crippen LogP contribution < -0.4 is 9.47 Å². The summed E-state index contributed by atoms with van der Waals surface area (Å²) < 4.78 is 10.4. The molecule has 0 aliphatic carbocycles. The summed E-state index contributed by atoms with van der Waals surface area (Å²) in [7, 11) is 3.00. The number of rotatable bonds is 6. The lowest BCUT2D eigenvalue weighted by Crippen LogP contribution is -2.00. The molecule has 0 fully saturated rings. The number of aryl methyl sites for hydroxylation is 1. The summed E-state index contributed by atoms with van der Waals surface area (Å²) in [5.41, 5.74) is 2.58. The highest BCUT2D eigenvalue weighted by molar-refractivity contribution is 6.32. The lowest BCUT2D eigenvalue weighted by molar-refractivity contribution is -0.130. The molecule has 0 bridgehead atoms. The van der Waals surface area contributed by atoms with Gasteiger partial charge in [0.05, 0.1) is 24.8 Å². The zero-order chi connectivity index (χ0) is 17.7. The van der Waals surface area contributed by atoms with Crippen LogP contribution in [0.2, 0.25) is 5.02 Å². The average Bonchev–Trinajstić information content (AvgIpc) is 2.59. The van der Waals surface area contributed by atoms with Gasteiger partial charge >= 0.3 is 5.97 Å². The molecule has 0 spiro atoms. The molecular formula is C19H19ClO4. The first kappa shape index (κ1) is 17.9. The molecule has 0 aromatic heterocycles. The maximum Gasteiger partial charge on any atom is 0.336 e. The molecule has 2 aromatic carbocycles. The maximum atomic E-state index is 11.7. The molecule has 2 aromatic rings. The lowest BCUT2D eigenvalue weighted by atomic mass is 10.0. The van der Waals surface area contributed by atoms with Gasteiger partial charge in [0.25, 0.3) is 0 Å². The van der Waals surface area contributed by atoms with Crippen LogP contribution in [0.25, 0.3) is 11.6 Å². The van der Waals surface area contributed by atoms with E-state index in [9.17, 15) is 9.90 Å². The van der Waals surface area contributed by atoms with Crippen molar-refractivity contribution in [3.63, 3.8) is 0 Å². The van der Waals surface area contributed by atoms with Crippen LogP contribution in [0.4, 0.5) is 0 Å². The van der Waals surface area contributed by atoms with Gasteiger partial charge in [0.1, 0.15) is 0 Å². The number of carbonyl (C=O) groups is 1. The fourth-order valence-corrected chi connectivity index (χ4v) is 2.67. The zero-order valence-electron chi connectivity index (χ0n) is 13.8. The SMILES string of the molecule is CCc1ccc(/C(=C/c2cc(Cl)c(OC)c(OC)c2)C(=O)O)cc1. The molecule has 0 aliphatic rings. The van der Waals surface area contributed by atoms with E-state index >= 15 is 0 Å². The third-order valence-corrected chi connectivity index (χ3v) is 3.95. The smallest absolute Gasteiger partial charge is 0.336 e. The predicted molar refractivity (Wildman–Crippen MR) is 95.9 cm³/mol. The summed E-state index contributed by atoms with van der Waals surface area (Å²) in [5, 5.41) is 9.91. The van der Waals surface area contributed by atoms with E-state index in [-0.39, 0.29) is 5.57 Å². The van der Waals surface area contributed by atoms with E-state index in [1.165, 1.54) is 14.2 Å². The van der Waals surface area contributed by atoms with Gasteiger partial charge in [0.2, 0.25) is 0 Å². The number of carboxylic acid groups (broad SMARTS) is 1.